The maximum atomic E-state index is 12.6. The van der Waals surface area contributed by atoms with Gasteiger partial charge in [0.25, 0.3) is 23.1 Å². The molecule has 1 fully saturated rings. The van der Waals surface area contributed by atoms with Crippen LogP contribution in [0.2, 0.25) is 0 Å². The van der Waals surface area contributed by atoms with E-state index in [9.17, 15) is 24.5 Å². The number of nitrogens with one attached hydrogen (secondary N) is 2. The van der Waals surface area contributed by atoms with Gasteiger partial charge in [-0.15, -0.1) is 0 Å². The summed E-state index contributed by atoms with van der Waals surface area (Å²) >= 11 is 5.72. The average Bonchev–Trinajstić information content (AvgIpc) is 2.75. The van der Waals surface area contributed by atoms with Crippen molar-refractivity contribution in [2.75, 3.05) is 0 Å². The molecule has 3 aromatic rings. The Hall–Kier alpha value is -3.90. The normalized spacial score (nSPS) is 13.7. The Morgan fingerprint density at radius 1 is 1.12 bits per heavy atom. The number of benzene rings is 2. The molecule has 0 spiro atoms. The smallest absolute Gasteiger partial charge is 0.283 e. The minimum absolute atomic E-state index is 0.108. The van der Waals surface area contributed by atoms with Crippen molar-refractivity contribution >= 4 is 63.6 Å². The van der Waals surface area contributed by atoms with Crippen LogP contribution in [0.15, 0.2) is 62.9 Å². The maximum absolute atomic E-state index is 12.6. The molecule has 10 nitrogen and oxygen atoms in total. The quantitative estimate of drug-likeness (QED) is 0.148. The summed E-state index contributed by atoms with van der Waals surface area (Å²) in [6.07, 6.45) is 1.23. The number of nitro benzene ring substituents is 1. The van der Waals surface area contributed by atoms with Gasteiger partial charge in [0.2, 0.25) is 0 Å². The van der Waals surface area contributed by atoms with Crippen LogP contribution in [0.1, 0.15) is 5.56 Å². The largest absolute Gasteiger partial charge is 0.299 e. The maximum Gasteiger partial charge on any atom is 0.283 e. The topological polar surface area (TPSA) is 136 Å². The van der Waals surface area contributed by atoms with Crippen LogP contribution in [-0.4, -0.2) is 31.4 Å². The molecule has 160 valence electrons. The Balaban J connectivity index is 1.74. The molecule has 12 heteroatoms. The van der Waals surface area contributed by atoms with Gasteiger partial charge in [0, 0.05) is 13.1 Å². The van der Waals surface area contributed by atoms with Gasteiger partial charge in [-0.2, -0.15) is 0 Å². The number of nitrogens with zero attached hydrogens (tertiary/aromatic N) is 3. The summed E-state index contributed by atoms with van der Waals surface area (Å²) in [7, 11) is 1.54. The number of para-hydroxylation sites is 1. The van der Waals surface area contributed by atoms with Crippen LogP contribution in [0.4, 0.5) is 5.69 Å². The average molecular weight is 467 g/mol. The van der Waals surface area contributed by atoms with Gasteiger partial charge >= 0.3 is 0 Å². The molecular formula is C20H13N5O5S2. The third-order valence-corrected chi connectivity index (χ3v) is 5.89. The van der Waals surface area contributed by atoms with Gasteiger partial charge < -0.3 is 0 Å². The molecule has 4 rings (SSSR count). The van der Waals surface area contributed by atoms with E-state index in [0.29, 0.717) is 10.9 Å². The summed E-state index contributed by atoms with van der Waals surface area (Å²) in [5, 5.41) is 16.9. The Morgan fingerprint density at radius 2 is 1.81 bits per heavy atom. The zero-order valence-electron chi connectivity index (χ0n) is 16.3. The number of carbonyl (C=O) groups excluding carboxylic acids is 2. The fraction of sp³-hybridized carbons (Fsp3) is 0.0500. The third kappa shape index (κ3) is 4.00. The van der Waals surface area contributed by atoms with Crippen LogP contribution in [-0.2, 0) is 16.6 Å². The lowest BCUT2D eigenvalue weighted by Gasteiger charge is -2.16. The monoisotopic (exact) mass is 467 g/mol. The Morgan fingerprint density at radius 3 is 2.50 bits per heavy atom. The van der Waals surface area contributed by atoms with Crippen molar-refractivity contribution in [3.8, 4) is 0 Å². The molecule has 1 aliphatic rings. The summed E-state index contributed by atoms with van der Waals surface area (Å²) in [5.74, 6) is -1.40. The molecule has 2 N–H and O–H groups in total. The summed E-state index contributed by atoms with van der Waals surface area (Å²) in [6.45, 7) is 0. The molecule has 32 heavy (non-hydrogen) atoms. The van der Waals surface area contributed by atoms with Gasteiger partial charge in [0.15, 0.2) is 10.3 Å². The molecule has 0 bridgehead atoms. The number of amides is 2. The predicted octanol–water partition coefficient (Wildman–Crippen LogP) is 1.91. The highest BCUT2D eigenvalue weighted by molar-refractivity contribution is 7.99. The first-order valence-corrected chi connectivity index (χ1v) is 10.3. The van der Waals surface area contributed by atoms with Crippen molar-refractivity contribution in [3.63, 3.8) is 0 Å². The van der Waals surface area contributed by atoms with E-state index < -0.39 is 16.7 Å². The van der Waals surface area contributed by atoms with E-state index in [0.717, 1.165) is 11.8 Å². The van der Waals surface area contributed by atoms with Crippen molar-refractivity contribution in [1.29, 1.82) is 0 Å². The van der Waals surface area contributed by atoms with E-state index in [2.05, 4.69) is 15.6 Å². The van der Waals surface area contributed by atoms with E-state index in [1.165, 1.54) is 28.8 Å². The van der Waals surface area contributed by atoms with Crippen molar-refractivity contribution in [2.24, 2.45) is 7.05 Å². The fourth-order valence-corrected chi connectivity index (χ4v) is 4.13. The molecule has 0 aliphatic carbocycles. The lowest BCUT2D eigenvalue weighted by molar-refractivity contribution is -0.387. The summed E-state index contributed by atoms with van der Waals surface area (Å²) < 4.78 is 1.33. The number of thiocarbonyl (C=S) groups is 1. The number of hydrogen-bond donors (Lipinski definition) is 2. The van der Waals surface area contributed by atoms with Gasteiger partial charge in [0.1, 0.15) is 5.57 Å². The summed E-state index contributed by atoms with van der Waals surface area (Å²) in [4.78, 5) is 52.4. The van der Waals surface area contributed by atoms with Gasteiger partial charge in [-0.05, 0) is 53.8 Å². The van der Waals surface area contributed by atoms with Gasteiger partial charge in [0.05, 0.1) is 20.7 Å². The molecule has 0 atom stereocenters. The van der Waals surface area contributed by atoms with Crippen molar-refractivity contribution in [3.05, 3.63) is 74.1 Å². The second kappa shape index (κ2) is 8.32. The number of carbonyl (C=O) groups is 2. The number of hydrogen-bond acceptors (Lipinski definition) is 8. The highest BCUT2D eigenvalue weighted by atomic mass is 32.2. The van der Waals surface area contributed by atoms with Crippen LogP contribution < -0.4 is 16.2 Å². The van der Waals surface area contributed by atoms with Crippen LogP contribution >= 0.6 is 24.0 Å². The van der Waals surface area contributed by atoms with E-state index in [4.69, 9.17) is 12.2 Å². The van der Waals surface area contributed by atoms with Crippen LogP contribution in [0.3, 0.4) is 0 Å². The zero-order chi connectivity index (χ0) is 23.0. The van der Waals surface area contributed by atoms with Crippen molar-refractivity contribution < 1.29 is 14.5 Å². The second-order valence-corrected chi connectivity index (χ2v) is 8.07. The van der Waals surface area contributed by atoms with E-state index in [1.54, 1.807) is 31.3 Å². The Kier molecular flexibility index (Phi) is 5.55. The highest BCUT2D eigenvalue weighted by Crippen LogP contribution is 2.35. The zero-order valence-corrected chi connectivity index (χ0v) is 18.0. The van der Waals surface area contributed by atoms with Crippen molar-refractivity contribution in [1.82, 2.24) is 20.2 Å². The molecule has 2 aromatic carbocycles. The Labute approximate surface area is 189 Å². The fourth-order valence-electron chi connectivity index (χ4n) is 3.01. The number of aromatic nitrogens is 2. The lowest BCUT2D eigenvalue weighted by atomic mass is 10.1. The number of rotatable bonds is 4. The molecular weight excluding hydrogens is 454 g/mol. The van der Waals surface area contributed by atoms with E-state index >= 15 is 0 Å². The summed E-state index contributed by atoms with van der Waals surface area (Å²) in [6, 6.07) is 11.1. The predicted molar refractivity (Wildman–Crippen MR) is 121 cm³/mol. The first-order valence-electron chi connectivity index (χ1n) is 9.05. The standard InChI is InChI=1S/C20H13N5O5S2/c1-24-18(28)11-4-2-3-5-13(11)21-20(24)32-15-7-6-10(9-14(15)25(29)30)8-12-16(26)22-19(31)23-17(12)27/h2-9H,1H3,(H2,22,23,26,27,31). The molecule has 0 unspecified atom stereocenters. The van der Waals surface area contributed by atoms with E-state index in [-0.39, 0.29) is 37.5 Å². The molecule has 2 heterocycles. The SMILES string of the molecule is Cn1c(Sc2ccc(C=C3C(=O)NC(=S)NC3=O)cc2[N+](=O)[O-])nc2ccccc2c1=O. The lowest BCUT2D eigenvalue weighted by Crippen LogP contribution is -2.51. The second-order valence-electron chi connectivity index (χ2n) is 6.66. The first-order chi connectivity index (χ1) is 15.2. The van der Waals surface area contributed by atoms with Gasteiger partial charge in [-0.1, -0.05) is 18.2 Å². The van der Waals surface area contributed by atoms with Gasteiger partial charge in [-0.3, -0.25) is 39.7 Å². The first kappa shape index (κ1) is 21.3. The minimum atomic E-state index is -0.699. The Bertz CT molecular complexity index is 1410. The summed E-state index contributed by atoms with van der Waals surface area (Å²) in [5.41, 5.74) is -0.0102. The molecule has 0 radical (unpaired) electrons. The van der Waals surface area contributed by atoms with Crippen LogP contribution in [0.25, 0.3) is 17.0 Å². The van der Waals surface area contributed by atoms with E-state index in [1.807, 2.05) is 0 Å². The van der Waals surface area contributed by atoms with Crippen molar-refractivity contribution in [2.45, 2.75) is 10.1 Å². The number of fused-ring (bicyclic) bond motifs is 1. The highest BCUT2D eigenvalue weighted by Gasteiger charge is 2.26. The minimum Gasteiger partial charge on any atom is -0.299 e. The molecule has 2 amide bonds. The molecule has 1 aromatic heterocycles. The van der Waals surface area contributed by atoms with Crippen LogP contribution in [0, 0.1) is 10.1 Å². The molecule has 0 saturated carbocycles. The third-order valence-electron chi connectivity index (χ3n) is 4.58. The van der Waals surface area contributed by atoms with Crippen LogP contribution in [0.5, 0.6) is 0 Å². The molecule has 1 saturated heterocycles. The number of nitro groups is 1. The van der Waals surface area contributed by atoms with Gasteiger partial charge in [-0.25, -0.2) is 4.98 Å². The molecule has 1 aliphatic heterocycles.